The quantitative estimate of drug-likeness (QED) is 0.759. The highest BCUT2D eigenvalue weighted by atomic mass is 16.5. The zero-order valence-corrected chi connectivity index (χ0v) is 11.9. The summed E-state index contributed by atoms with van der Waals surface area (Å²) in [5, 5.41) is 0. The van der Waals surface area contributed by atoms with Crippen molar-refractivity contribution in [2.24, 2.45) is 0 Å². The predicted molar refractivity (Wildman–Crippen MR) is 81.2 cm³/mol. The van der Waals surface area contributed by atoms with Crippen molar-refractivity contribution in [3.05, 3.63) is 44.8 Å². The average molecular weight is 287 g/mol. The first-order valence-electron chi connectivity index (χ1n) is 7.09. The Morgan fingerprint density at radius 3 is 2.43 bits per heavy atom. The van der Waals surface area contributed by atoms with Crippen molar-refractivity contribution < 1.29 is 4.74 Å². The third-order valence-corrected chi connectivity index (χ3v) is 3.70. The van der Waals surface area contributed by atoms with E-state index in [0.29, 0.717) is 25.4 Å². The lowest BCUT2D eigenvalue weighted by atomic mass is 10.1. The Bertz CT molecular complexity index is 684. The van der Waals surface area contributed by atoms with E-state index in [0.717, 1.165) is 18.9 Å². The lowest BCUT2D eigenvalue weighted by molar-refractivity contribution is 0.332. The molecule has 0 radical (unpaired) electrons. The fourth-order valence-electron chi connectivity index (χ4n) is 2.62. The zero-order chi connectivity index (χ0) is 14.8. The van der Waals surface area contributed by atoms with Gasteiger partial charge in [0.2, 0.25) is 0 Å². The minimum absolute atomic E-state index is 0.230. The van der Waals surface area contributed by atoms with Gasteiger partial charge in [0, 0.05) is 32.4 Å². The average Bonchev–Trinajstić information content (AvgIpc) is 2.55. The van der Waals surface area contributed by atoms with E-state index in [-0.39, 0.29) is 5.75 Å². The molecule has 1 aliphatic rings. The van der Waals surface area contributed by atoms with E-state index in [2.05, 4.69) is 9.88 Å². The summed E-state index contributed by atoms with van der Waals surface area (Å²) in [7, 11) is 0. The molecule has 1 aromatic carbocycles. The Kier molecular flexibility index (Phi) is 3.60. The van der Waals surface area contributed by atoms with Gasteiger partial charge in [0.15, 0.2) is 5.75 Å². The highest BCUT2D eigenvalue weighted by Crippen LogP contribution is 2.24. The molecule has 2 heterocycles. The van der Waals surface area contributed by atoms with Gasteiger partial charge in [-0.1, -0.05) is 6.07 Å². The van der Waals surface area contributed by atoms with Crippen LogP contribution in [0.1, 0.15) is 6.92 Å². The zero-order valence-electron chi connectivity index (χ0n) is 11.9. The first-order chi connectivity index (χ1) is 10.2. The molecule has 0 amide bonds. The molecule has 6 heteroatoms. The Balaban J connectivity index is 1.71. The SMILES string of the molecule is CCOc1c(N2CCN(c3ccccn3)CC2)c(=O)c1=O. The summed E-state index contributed by atoms with van der Waals surface area (Å²) >= 11 is 0. The van der Waals surface area contributed by atoms with Crippen molar-refractivity contribution >= 4 is 11.5 Å². The Morgan fingerprint density at radius 1 is 1.10 bits per heavy atom. The third-order valence-electron chi connectivity index (χ3n) is 3.70. The number of anilines is 2. The number of piperazine rings is 1. The standard InChI is InChI=1S/C15H17N3O3/c1-2-21-15-12(13(19)14(15)20)18-9-7-17(8-10-18)11-5-3-4-6-16-11/h3-6H,2,7-10H2,1H3. The predicted octanol–water partition coefficient (Wildman–Crippen LogP) is 0.403. The Labute approximate surface area is 122 Å². The van der Waals surface area contributed by atoms with Gasteiger partial charge in [-0.3, -0.25) is 9.59 Å². The van der Waals surface area contributed by atoms with E-state index in [9.17, 15) is 9.59 Å². The number of rotatable bonds is 4. The molecule has 0 aliphatic carbocycles. The molecule has 1 fully saturated rings. The van der Waals surface area contributed by atoms with E-state index >= 15 is 0 Å². The van der Waals surface area contributed by atoms with Gasteiger partial charge in [-0.2, -0.15) is 0 Å². The molecule has 2 aromatic rings. The second-order valence-corrected chi connectivity index (χ2v) is 4.93. The lowest BCUT2D eigenvalue weighted by Crippen LogP contribution is -2.51. The van der Waals surface area contributed by atoms with Crippen LogP contribution >= 0.6 is 0 Å². The molecule has 1 aromatic heterocycles. The largest absolute Gasteiger partial charge is 0.488 e. The molecule has 0 spiro atoms. The first kappa shape index (κ1) is 13.6. The number of hydrogen-bond acceptors (Lipinski definition) is 6. The van der Waals surface area contributed by atoms with Gasteiger partial charge >= 0.3 is 0 Å². The number of nitrogens with zero attached hydrogens (tertiary/aromatic N) is 3. The van der Waals surface area contributed by atoms with Gasteiger partial charge in [-0.15, -0.1) is 0 Å². The van der Waals surface area contributed by atoms with Gasteiger partial charge in [-0.05, 0) is 19.1 Å². The summed E-state index contributed by atoms with van der Waals surface area (Å²) in [5.41, 5.74) is -0.480. The molecular formula is C15H17N3O3. The van der Waals surface area contributed by atoms with E-state index in [1.54, 1.807) is 13.1 Å². The highest BCUT2D eigenvalue weighted by Gasteiger charge is 2.29. The fourth-order valence-corrected chi connectivity index (χ4v) is 2.62. The molecule has 0 bridgehead atoms. The summed E-state index contributed by atoms with van der Waals surface area (Å²) in [4.78, 5) is 31.7. The van der Waals surface area contributed by atoms with Crippen molar-refractivity contribution in [2.45, 2.75) is 6.92 Å². The summed E-state index contributed by atoms with van der Waals surface area (Å²) in [6.07, 6.45) is 1.77. The van der Waals surface area contributed by atoms with Crippen LogP contribution in [0.15, 0.2) is 34.0 Å². The van der Waals surface area contributed by atoms with Crippen LogP contribution in [0.2, 0.25) is 0 Å². The molecule has 110 valence electrons. The first-order valence-corrected chi connectivity index (χ1v) is 7.09. The molecule has 1 aliphatic heterocycles. The van der Waals surface area contributed by atoms with Gasteiger partial charge in [-0.25, -0.2) is 4.98 Å². The van der Waals surface area contributed by atoms with Crippen molar-refractivity contribution in [2.75, 3.05) is 42.6 Å². The van der Waals surface area contributed by atoms with Crippen LogP contribution < -0.4 is 25.4 Å². The van der Waals surface area contributed by atoms with Crippen molar-refractivity contribution in [1.29, 1.82) is 0 Å². The lowest BCUT2D eigenvalue weighted by Gasteiger charge is -2.37. The molecule has 0 unspecified atom stereocenters. The molecule has 6 nitrogen and oxygen atoms in total. The van der Waals surface area contributed by atoms with Crippen LogP contribution in [0.3, 0.4) is 0 Å². The van der Waals surface area contributed by atoms with E-state index in [1.807, 2.05) is 23.1 Å². The van der Waals surface area contributed by atoms with Gasteiger partial charge < -0.3 is 14.5 Å². The maximum atomic E-state index is 11.7. The van der Waals surface area contributed by atoms with E-state index in [1.165, 1.54) is 0 Å². The third kappa shape index (κ3) is 2.37. The summed E-state index contributed by atoms with van der Waals surface area (Å²) in [5.74, 6) is 1.17. The molecule has 21 heavy (non-hydrogen) atoms. The number of ether oxygens (including phenoxy) is 1. The van der Waals surface area contributed by atoms with Gasteiger partial charge in [0.05, 0.1) is 6.61 Å². The molecule has 0 N–H and O–H groups in total. The number of pyridine rings is 1. The van der Waals surface area contributed by atoms with Crippen LogP contribution in [0.4, 0.5) is 11.5 Å². The monoisotopic (exact) mass is 287 g/mol. The number of aromatic nitrogens is 1. The topological polar surface area (TPSA) is 62.7 Å². The molecule has 1 saturated heterocycles. The van der Waals surface area contributed by atoms with Gasteiger partial charge in [0.1, 0.15) is 11.5 Å². The normalized spacial score (nSPS) is 15.5. The van der Waals surface area contributed by atoms with Crippen LogP contribution in [0.25, 0.3) is 0 Å². The fraction of sp³-hybridized carbons (Fsp3) is 0.400. The van der Waals surface area contributed by atoms with Crippen molar-refractivity contribution in [1.82, 2.24) is 4.98 Å². The second kappa shape index (κ2) is 5.55. The molecular weight excluding hydrogens is 270 g/mol. The second-order valence-electron chi connectivity index (χ2n) is 4.93. The van der Waals surface area contributed by atoms with E-state index < -0.39 is 10.9 Å². The van der Waals surface area contributed by atoms with Gasteiger partial charge in [0.25, 0.3) is 10.9 Å². The van der Waals surface area contributed by atoms with Crippen LogP contribution in [0, 0.1) is 0 Å². The summed E-state index contributed by atoms with van der Waals surface area (Å²) < 4.78 is 5.28. The smallest absolute Gasteiger partial charge is 0.272 e. The van der Waals surface area contributed by atoms with Crippen LogP contribution in [-0.2, 0) is 0 Å². The maximum Gasteiger partial charge on any atom is 0.272 e. The van der Waals surface area contributed by atoms with Crippen LogP contribution in [-0.4, -0.2) is 37.8 Å². The molecule has 0 saturated carbocycles. The number of hydrogen-bond donors (Lipinski definition) is 0. The maximum absolute atomic E-state index is 11.7. The van der Waals surface area contributed by atoms with Crippen LogP contribution in [0.5, 0.6) is 5.75 Å². The summed E-state index contributed by atoms with van der Waals surface area (Å²) in [6.45, 7) is 5.09. The molecule has 3 rings (SSSR count). The highest BCUT2D eigenvalue weighted by molar-refractivity contribution is 5.64. The molecule has 0 atom stereocenters. The van der Waals surface area contributed by atoms with Crippen molar-refractivity contribution in [3.63, 3.8) is 0 Å². The Hall–Kier alpha value is -2.37. The minimum Gasteiger partial charge on any atom is -0.488 e. The Morgan fingerprint density at radius 2 is 1.81 bits per heavy atom. The van der Waals surface area contributed by atoms with E-state index in [4.69, 9.17) is 4.74 Å². The summed E-state index contributed by atoms with van der Waals surface area (Å²) in [6, 6.07) is 5.81. The van der Waals surface area contributed by atoms with Crippen molar-refractivity contribution in [3.8, 4) is 5.75 Å². The minimum atomic E-state index is -0.501.